The minimum Gasteiger partial charge on any atom is -0.328 e. The van der Waals surface area contributed by atoms with E-state index in [1.54, 1.807) is 0 Å². The predicted octanol–water partition coefficient (Wildman–Crippen LogP) is 3.57. The Labute approximate surface area is 145 Å². The van der Waals surface area contributed by atoms with E-state index in [1.807, 2.05) is 26.0 Å². The van der Waals surface area contributed by atoms with Crippen LogP contribution in [0.25, 0.3) is 11.1 Å². The quantitative estimate of drug-likeness (QED) is 0.536. The largest absolute Gasteiger partial charge is 0.328 e. The zero-order valence-electron chi connectivity index (χ0n) is 14.1. The normalized spacial score (nSPS) is 13.0. The van der Waals surface area contributed by atoms with Gasteiger partial charge in [0.05, 0.1) is 6.04 Å². The van der Waals surface area contributed by atoms with Crippen LogP contribution in [0, 0.1) is 6.92 Å². The highest BCUT2D eigenvalue weighted by Crippen LogP contribution is 2.37. The molecule has 1 aliphatic rings. The number of urea groups is 1. The van der Waals surface area contributed by atoms with Gasteiger partial charge in [0.1, 0.15) is 5.82 Å². The van der Waals surface area contributed by atoms with Gasteiger partial charge in [0.15, 0.2) is 5.82 Å². The van der Waals surface area contributed by atoms with Crippen molar-refractivity contribution in [2.24, 2.45) is 0 Å². The molecule has 1 atom stereocenters. The number of H-pyrrole nitrogens is 1. The lowest BCUT2D eigenvalue weighted by atomic mass is 10.1. The monoisotopic (exact) mass is 333 g/mol. The van der Waals surface area contributed by atoms with E-state index in [9.17, 15) is 4.79 Å². The van der Waals surface area contributed by atoms with Gasteiger partial charge in [-0.15, -0.1) is 0 Å². The second-order valence-electron chi connectivity index (χ2n) is 6.31. The number of carbonyl (C=O) groups excluding carboxylic acids is 1. The number of fused-ring (bicyclic) bond motifs is 3. The van der Waals surface area contributed by atoms with Gasteiger partial charge in [0.2, 0.25) is 0 Å². The molecule has 1 unspecified atom stereocenters. The number of hydrogen-bond donors (Lipinski definition) is 3. The SMILES string of the molecule is Cc1nc(C(C)NC(=O)Nc2ccc3c(c2)Cc2ccccc2-3)n[nH]1. The van der Waals surface area contributed by atoms with Gasteiger partial charge in [-0.25, -0.2) is 9.78 Å². The van der Waals surface area contributed by atoms with Gasteiger partial charge >= 0.3 is 6.03 Å². The molecule has 2 amide bonds. The summed E-state index contributed by atoms with van der Waals surface area (Å²) in [4.78, 5) is 16.5. The molecule has 0 saturated carbocycles. The summed E-state index contributed by atoms with van der Waals surface area (Å²) in [5.41, 5.74) is 5.86. The number of aromatic amines is 1. The third kappa shape index (κ3) is 2.98. The summed E-state index contributed by atoms with van der Waals surface area (Å²) in [6, 6.07) is 13.9. The Morgan fingerprint density at radius 3 is 2.76 bits per heavy atom. The Hall–Kier alpha value is -3.15. The number of carbonyl (C=O) groups is 1. The Morgan fingerprint density at radius 2 is 1.96 bits per heavy atom. The van der Waals surface area contributed by atoms with Crippen molar-refractivity contribution in [1.82, 2.24) is 20.5 Å². The van der Waals surface area contributed by atoms with E-state index in [-0.39, 0.29) is 12.1 Å². The van der Waals surface area contributed by atoms with Gasteiger partial charge in [-0.2, -0.15) is 5.10 Å². The number of benzene rings is 2. The van der Waals surface area contributed by atoms with Crippen molar-refractivity contribution in [3.8, 4) is 11.1 Å². The molecular formula is C19H19N5O. The van der Waals surface area contributed by atoms with E-state index < -0.39 is 0 Å². The molecule has 0 bridgehead atoms. The molecule has 3 N–H and O–H groups in total. The standard InChI is InChI=1S/C19H19N5O/c1-11(18-21-12(2)23-24-18)20-19(25)22-15-7-8-17-14(10-15)9-13-5-3-4-6-16(13)17/h3-8,10-11H,9H2,1-2H3,(H2,20,22,25)(H,21,23,24). The number of rotatable bonds is 3. The van der Waals surface area contributed by atoms with Gasteiger partial charge in [0.25, 0.3) is 0 Å². The summed E-state index contributed by atoms with van der Waals surface area (Å²) >= 11 is 0. The number of amides is 2. The lowest BCUT2D eigenvalue weighted by Gasteiger charge is -2.12. The van der Waals surface area contributed by atoms with Crippen molar-refractivity contribution in [2.45, 2.75) is 26.3 Å². The van der Waals surface area contributed by atoms with Gasteiger partial charge in [-0.05, 0) is 54.7 Å². The molecule has 1 aliphatic carbocycles. The number of aromatic nitrogens is 3. The highest BCUT2D eigenvalue weighted by Gasteiger charge is 2.19. The fourth-order valence-electron chi connectivity index (χ4n) is 3.20. The maximum Gasteiger partial charge on any atom is 0.319 e. The fourth-order valence-corrected chi connectivity index (χ4v) is 3.20. The lowest BCUT2D eigenvalue weighted by molar-refractivity contribution is 0.249. The minimum atomic E-state index is -0.274. The summed E-state index contributed by atoms with van der Waals surface area (Å²) in [7, 11) is 0. The van der Waals surface area contributed by atoms with Crippen LogP contribution >= 0.6 is 0 Å². The molecule has 3 aromatic rings. The fraction of sp³-hybridized carbons (Fsp3) is 0.211. The number of hydrogen-bond acceptors (Lipinski definition) is 3. The van der Waals surface area contributed by atoms with Gasteiger partial charge in [-0.1, -0.05) is 30.3 Å². The van der Waals surface area contributed by atoms with E-state index >= 15 is 0 Å². The first kappa shape index (κ1) is 15.4. The van der Waals surface area contributed by atoms with Crippen LogP contribution in [0.2, 0.25) is 0 Å². The second kappa shape index (κ2) is 6.05. The first-order valence-corrected chi connectivity index (χ1v) is 8.28. The summed E-state index contributed by atoms with van der Waals surface area (Å²) in [5, 5.41) is 12.6. The van der Waals surface area contributed by atoms with E-state index in [2.05, 4.69) is 56.1 Å². The molecule has 126 valence electrons. The third-order valence-electron chi connectivity index (χ3n) is 4.40. The first-order chi connectivity index (χ1) is 12.1. The van der Waals surface area contributed by atoms with Crippen LogP contribution in [-0.4, -0.2) is 21.2 Å². The van der Waals surface area contributed by atoms with Crippen molar-refractivity contribution < 1.29 is 4.79 Å². The van der Waals surface area contributed by atoms with Crippen LogP contribution < -0.4 is 10.6 Å². The molecule has 2 aromatic carbocycles. The molecule has 0 fully saturated rings. The van der Waals surface area contributed by atoms with Crippen molar-refractivity contribution in [1.29, 1.82) is 0 Å². The molecule has 6 nitrogen and oxygen atoms in total. The Balaban J connectivity index is 1.45. The zero-order valence-corrected chi connectivity index (χ0v) is 14.1. The van der Waals surface area contributed by atoms with Gasteiger partial charge < -0.3 is 10.6 Å². The molecule has 25 heavy (non-hydrogen) atoms. The molecule has 4 rings (SSSR count). The molecule has 0 spiro atoms. The Morgan fingerprint density at radius 1 is 1.16 bits per heavy atom. The average molecular weight is 333 g/mol. The van der Waals surface area contributed by atoms with Crippen LogP contribution in [-0.2, 0) is 6.42 Å². The predicted molar refractivity (Wildman–Crippen MR) is 96.4 cm³/mol. The van der Waals surface area contributed by atoms with E-state index in [0.29, 0.717) is 5.82 Å². The molecular weight excluding hydrogens is 314 g/mol. The molecule has 1 aromatic heterocycles. The van der Waals surface area contributed by atoms with Crippen LogP contribution in [0.15, 0.2) is 42.5 Å². The van der Waals surface area contributed by atoms with Crippen molar-refractivity contribution in [3.63, 3.8) is 0 Å². The minimum absolute atomic E-state index is 0.273. The molecule has 6 heteroatoms. The average Bonchev–Trinajstić information content (AvgIpc) is 3.17. The number of nitrogens with one attached hydrogen (secondary N) is 3. The molecule has 1 heterocycles. The van der Waals surface area contributed by atoms with E-state index in [1.165, 1.54) is 22.3 Å². The number of aryl methyl sites for hydroxylation is 1. The Bertz CT molecular complexity index is 946. The molecule has 0 saturated heterocycles. The van der Waals surface area contributed by atoms with Crippen LogP contribution in [0.4, 0.5) is 10.5 Å². The Kier molecular flexibility index (Phi) is 3.72. The van der Waals surface area contributed by atoms with Gasteiger partial charge in [0, 0.05) is 5.69 Å². The topological polar surface area (TPSA) is 82.7 Å². The van der Waals surface area contributed by atoms with Gasteiger partial charge in [-0.3, -0.25) is 5.10 Å². The zero-order chi connectivity index (χ0) is 17.4. The van der Waals surface area contributed by atoms with Crippen LogP contribution in [0.3, 0.4) is 0 Å². The van der Waals surface area contributed by atoms with E-state index in [0.717, 1.165) is 17.9 Å². The lowest BCUT2D eigenvalue weighted by Crippen LogP contribution is -2.31. The number of anilines is 1. The molecule has 0 aliphatic heterocycles. The summed E-state index contributed by atoms with van der Waals surface area (Å²) in [5.74, 6) is 1.29. The van der Waals surface area contributed by atoms with Crippen LogP contribution in [0.5, 0.6) is 0 Å². The number of nitrogens with zero attached hydrogens (tertiary/aromatic N) is 2. The third-order valence-corrected chi connectivity index (χ3v) is 4.40. The second-order valence-corrected chi connectivity index (χ2v) is 6.31. The smallest absolute Gasteiger partial charge is 0.319 e. The highest BCUT2D eigenvalue weighted by molar-refractivity contribution is 5.90. The van der Waals surface area contributed by atoms with Crippen LogP contribution in [0.1, 0.15) is 35.7 Å². The first-order valence-electron chi connectivity index (χ1n) is 8.28. The summed E-state index contributed by atoms with van der Waals surface area (Å²) in [6.07, 6.45) is 0.898. The van der Waals surface area contributed by atoms with E-state index in [4.69, 9.17) is 0 Å². The highest BCUT2D eigenvalue weighted by atomic mass is 16.2. The maximum absolute atomic E-state index is 12.2. The van der Waals surface area contributed by atoms with Crippen molar-refractivity contribution in [3.05, 3.63) is 65.2 Å². The summed E-state index contributed by atoms with van der Waals surface area (Å²) in [6.45, 7) is 3.67. The maximum atomic E-state index is 12.2. The van der Waals surface area contributed by atoms with Crippen molar-refractivity contribution in [2.75, 3.05) is 5.32 Å². The molecule has 0 radical (unpaired) electrons. The summed E-state index contributed by atoms with van der Waals surface area (Å²) < 4.78 is 0. The van der Waals surface area contributed by atoms with Crippen molar-refractivity contribution >= 4 is 11.7 Å².